The maximum absolute atomic E-state index is 12.2. The molecule has 0 bridgehead atoms. The molecular formula is C20H25N5O3S. The summed E-state index contributed by atoms with van der Waals surface area (Å²) in [6.07, 6.45) is 2.00. The number of thiophene rings is 1. The van der Waals surface area contributed by atoms with Crippen LogP contribution in [0.1, 0.15) is 29.6 Å². The van der Waals surface area contributed by atoms with E-state index in [4.69, 9.17) is 5.73 Å². The predicted octanol–water partition coefficient (Wildman–Crippen LogP) is 2.46. The first-order chi connectivity index (χ1) is 14.0. The van der Waals surface area contributed by atoms with Crippen LogP contribution in [0.15, 0.2) is 41.8 Å². The third kappa shape index (κ3) is 6.30. The first kappa shape index (κ1) is 20.8. The molecule has 0 unspecified atom stereocenters. The van der Waals surface area contributed by atoms with Gasteiger partial charge in [-0.2, -0.15) is 0 Å². The lowest BCUT2D eigenvalue weighted by molar-refractivity contribution is -0.116. The minimum Gasteiger partial charge on any atom is -0.366 e. The van der Waals surface area contributed by atoms with Gasteiger partial charge in [-0.05, 0) is 36.4 Å². The van der Waals surface area contributed by atoms with E-state index >= 15 is 0 Å². The summed E-state index contributed by atoms with van der Waals surface area (Å²) in [7, 11) is 0. The molecule has 0 radical (unpaired) electrons. The quantitative estimate of drug-likeness (QED) is 0.556. The smallest absolute Gasteiger partial charge is 0.319 e. The van der Waals surface area contributed by atoms with Gasteiger partial charge in [-0.25, -0.2) is 4.79 Å². The molecule has 154 valence electrons. The lowest BCUT2D eigenvalue weighted by Gasteiger charge is -2.32. The van der Waals surface area contributed by atoms with Gasteiger partial charge >= 0.3 is 6.03 Å². The van der Waals surface area contributed by atoms with E-state index in [0.29, 0.717) is 23.5 Å². The number of likely N-dealkylation sites (tertiary alicyclic amines) is 1. The lowest BCUT2D eigenvalue weighted by Crippen LogP contribution is -2.46. The minimum atomic E-state index is -0.549. The van der Waals surface area contributed by atoms with E-state index in [2.05, 4.69) is 20.9 Å². The number of urea groups is 1. The molecule has 2 aromatic rings. The van der Waals surface area contributed by atoms with Gasteiger partial charge in [0.1, 0.15) is 5.00 Å². The molecule has 2 heterocycles. The van der Waals surface area contributed by atoms with E-state index in [1.54, 1.807) is 11.4 Å². The molecule has 8 nitrogen and oxygen atoms in total. The SMILES string of the molecule is NC(=O)c1ccsc1NC(=O)CCN1CCC(NC(=O)Nc2ccccc2)CC1. The van der Waals surface area contributed by atoms with Crippen LogP contribution < -0.4 is 21.7 Å². The van der Waals surface area contributed by atoms with Crippen LogP contribution in [0.25, 0.3) is 0 Å². The molecule has 0 spiro atoms. The van der Waals surface area contributed by atoms with Gasteiger partial charge in [-0.1, -0.05) is 18.2 Å². The second-order valence-corrected chi connectivity index (χ2v) is 7.82. The number of para-hydroxylation sites is 1. The van der Waals surface area contributed by atoms with E-state index in [-0.39, 0.29) is 18.0 Å². The Morgan fingerprint density at radius 3 is 2.48 bits per heavy atom. The van der Waals surface area contributed by atoms with Crippen molar-refractivity contribution in [2.75, 3.05) is 30.3 Å². The topological polar surface area (TPSA) is 117 Å². The number of hydrogen-bond acceptors (Lipinski definition) is 5. The van der Waals surface area contributed by atoms with Crippen LogP contribution in [0.3, 0.4) is 0 Å². The van der Waals surface area contributed by atoms with Gasteiger partial charge in [-0.3, -0.25) is 9.59 Å². The monoisotopic (exact) mass is 415 g/mol. The number of nitrogens with one attached hydrogen (secondary N) is 3. The highest BCUT2D eigenvalue weighted by Crippen LogP contribution is 2.22. The molecule has 3 rings (SSSR count). The minimum absolute atomic E-state index is 0.119. The largest absolute Gasteiger partial charge is 0.366 e. The van der Waals surface area contributed by atoms with E-state index < -0.39 is 5.91 Å². The van der Waals surface area contributed by atoms with Crippen LogP contribution in [0.4, 0.5) is 15.5 Å². The molecule has 0 atom stereocenters. The zero-order chi connectivity index (χ0) is 20.6. The second-order valence-electron chi connectivity index (χ2n) is 6.91. The average Bonchev–Trinajstić information content (AvgIpc) is 3.16. The molecule has 1 aromatic carbocycles. The molecule has 0 saturated carbocycles. The van der Waals surface area contributed by atoms with Crippen molar-refractivity contribution in [3.05, 3.63) is 47.3 Å². The third-order valence-electron chi connectivity index (χ3n) is 4.79. The number of nitrogens with two attached hydrogens (primary N) is 1. The number of anilines is 2. The Morgan fingerprint density at radius 1 is 1.07 bits per heavy atom. The fraction of sp³-hybridized carbons (Fsp3) is 0.350. The van der Waals surface area contributed by atoms with Crippen molar-refractivity contribution in [1.29, 1.82) is 0 Å². The van der Waals surface area contributed by atoms with Gasteiger partial charge < -0.3 is 26.6 Å². The lowest BCUT2D eigenvalue weighted by atomic mass is 10.1. The highest BCUT2D eigenvalue weighted by Gasteiger charge is 2.21. The van der Waals surface area contributed by atoms with E-state index in [0.717, 1.165) is 31.6 Å². The molecule has 29 heavy (non-hydrogen) atoms. The van der Waals surface area contributed by atoms with Gasteiger partial charge in [0.2, 0.25) is 5.91 Å². The first-order valence-electron chi connectivity index (χ1n) is 9.53. The van der Waals surface area contributed by atoms with Gasteiger partial charge in [-0.15, -0.1) is 11.3 Å². The molecule has 0 aliphatic carbocycles. The summed E-state index contributed by atoms with van der Waals surface area (Å²) < 4.78 is 0. The van der Waals surface area contributed by atoms with E-state index in [1.807, 2.05) is 30.3 Å². The molecule has 9 heteroatoms. The number of primary amides is 1. The number of piperidine rings is 1. The summed E-state index contributed by atoms with van der Waals surface area (Å²) in [5, 5.41) is 10.8. The van der Waals surface area contributed by atoms with Crippen molar-refractivity contribution >= 4 is 39.9 Å². The number of nitrogens with zero attached hydrogens (tertiary/aromatic N) is 1. The fourth-order valence-corrected chi connectivity index (χ4v) is 4.03. The Hall–Kier alpha value is -2.91. The zero-order valence-corrected chi connectivity index (χ0v) is 16.8. The van der Waals surface area contributed by atoms with Crippen molar-refractivity contribution in [2.45, 2.75) is 25.3 Å². The number of hydrogen-bond donors (Lipinski definition) is 4. The van der Waals surface area contributed by atoms with Crippen molar-refractivity contribution in [1.82, 2.24) is 10.2 Å². The van der Waals surface area contributed by atoms with Crippen LogP contribution in [-0.4, -0.2) is 48.4 Å². The molecule has 4 amide bonds. The molecule has 1 aliphatic heterocycles. The Balaban J connectivity index is 1.35. The van der Waals surface area contributed by atoms with Crippen molar-refractivity contribution in [2.24, 2.45) is 5.73 Å². The Kier molecular flexibility index (Phi) is 7.20. The summed E-state index contributed by atoms with van der Waals surface area (Å²) in [6.45, 7) is 2.26. The normalized spacial score (nSPS) is 14.9. The predicted molar refractivity (Wildman–Crippen MR) is 114 cm³/mol. The fourth-order valence-electron chi connectivity index (χ4n) is 3.22. The zero-order valence-electron chi connectivity index (χ0n) is 16.0. The molecule has 1 aliphatic rings. The number of carbonyl (C=O) groups excluding carboxylic acids is 3. The van der Waals surface area contributed by atoms with Gasteiger partial charge in [0, 0.05) is 37.8 Å². The van der Waals surface area contributed by atoms with Gasteiger partial charge in [0.05, 0.1) is 5.56 Å². The van der Waals surface area contributed by atoms with Crippen LogP contribution in [-0.2, 0) is 4.79 Å². The summed E-state index contributed by atoms with van der Waals surface area (Å²) in [4.78, 5) is 37.8. The number of amides is 4. The van der Waals surface area contributed by atoms with E-state index in [9.17, 15) is 14.4 Å². The molecule has 5 N–H and O–H groups in total. The molecular weight excluding hydrogens is 390 g/mol. The third-order valence-corrected chi connectivity index (χ3v) is 5.62. The van der Waals surface area contributed by atoms with E-state index in [1.165, 1.54) is 11.3 Å². The summed E-state index contributed by atoms with van der Waals surface area (Å²) >= 11 is 1.28. The highest BCUT2D eigenvalue weighted by atomic mass is 32.1. The summed E-state index contributed by atoms with van der Waals surface area (Å²) in [5.41, 5.74) is 6.39. The number of benzene rings is 1. The van der Waals surface area contributed by atoms with Crippen molar-refractivity contribution in [3.63, 3.8) is 0 Å². The molecule has 1 fully saturated rings. The van der Waals surface area contributed by atoms with Gasteiger partial charge in [0.15, 0.2) is 0 Å². The van der Waals surface area contributed by atoms with Gasteiger partial charge in [0.25, 0.3) is 5.91 Å². The van der Waals surface area contributed by atoms with Crippen molar-refractivity contribution < 1.29 is 14.4 Å². The average molecular weight is 416 g/mol. The summed E-state index contributed by atoms with van der Waals surface area (Å²) in [5.74, 6) is -0.690. The number of rotatable bonds is 7. The maximum Gasteiger partial charge on any atom is 0.319 e. The Labute approximate surface area is 173 Å². The first-order valence-corrected chi connectivity index (χ1v) is 10.4. The molecule has 1 aromatic heterocycles. The Bertz CT molecular complexity index is 847. The molecule has 1 saturated heterocycles. The number of carbonyl (C=O) groups is 3. The van der Waals surface area contributed by atoms with Crippen molar-refractivity contribution in [3.8, 4) is 0 Å². The standard InChI is InChI=1S/C20H25N5O3S/c21-18(27)16-9-13-29-19(16)24-17(26)8-12-25-10-6-15(7-11-25)23-20(28)22-14-4-2-1-3-5-14/h1-5,9,13,15H,6-8,10-12H2,(H2,21,27)(H,24,26)(H2,22,23,28). The summed E-state index contributed by atoms with van der Waals surface area (Å²) in [6, 6.07) is 10.9. The van der Waals surface area contributed by atoms with Crippen LogP contribution in [0.2, 0.25) is 0 Å². The Morgan fingerprint density at radius 2 is 1.79 bits per heavy atom. The van der Waals surface area contributed by atoms with Crippen LogP contribution in [0.5, 0.6) is 0 Å². The van der Waals surface area contributed by atoms with Crippen LogP contribution in [0, 0.1) is 0 Å². The second kappa shape index (κ2) is 10.0. The maximum atomic E-state index is 12.2. The highest BCUT2D eigenvalue weighted by molar-refractivity contribution is 7.14. The van der Waals surface area contributed by atoms with Crippen LogP contribution >= 0.6 is 11.3 Å².